The van der Waals surface area contributed by atoms with Crippen LogP contribution in [0.4, 0.5) is 10.3 Å². The fourth-order valence-electron chi connectivity index (χ4n) is 3.92. The molecular weight excluding hydrogens is 443 g/mol. The summed E-state index contributed by atoms with van der Waals surface area (Å²) in [4.78, 5) is 9.59. The second-order valence-corrected chi connectivity index (χ2v) is 8.80. The van der Waals surface area contributed by atoms with E-state index in [1.807, 2.05) is 12.1 Å². The van der Waals surface area contributed by atoms with Gasteiger partial charge in [0.1, 0.15) is 28.6 Å². The van der Waals surface area contributed by atoms with Crippen molar-refractivity contribution in [3.63, 3.8) is 0 Å². The fourth-order valence-corrected chi connectivity index (χ4v) is 4.53. The Morgan fingerprint density at radius 3 is 2.85 bits per heavy atom. The average molecular weight is 463 g/mol. The van der Waals surface area contributed by atoms with Gasteiger partial charge in [0.05, 0.1) is 17.7 Å². The van der Waals surface area contributed by atoms with E-state index in [-0.39, 0.29) is 18.1 Å². The summed E-state index contributed by atoms with van der Waals surface area (Å²) in [5, 5.41) is 12.6. The second kappa shape index (κ2) is 8.61. The molecule has 2 aromatic carbocycles. The first-order chi connectivity index (χ1) is 16.1. The number of benzene rings is 2. The van der Waals surface area contributed by atoms with Gasteiger partial charge in [0.15, 0.2) is 11.3 Å². The van der Waals surface area contributed by atoms with Crippen LogP contribution in [-0.4, -0.2) is 32.2 Å². The third-order valence-electron chi connectivity index (χ3n) is 5.53. The summed E-state index contributed by atoms with van der Waals surface area (Å²) in [6.07, 6.45) is 3.90. The summed E-state index contributed by atoms with van der Waals surface area (Å²) < 4.78 is 36.4. The zero-order chi connectivity index (χ0) is 22.9. The average Bonchev–Trinajstić information content (AvgIpc) is 3.50. The van der Waals surface area contributed by atoms with Crippen molar-refractivity contribution in [1.29, 1.82) is 5.26 Å². The van der Waals surface area contributed by atoms with Gasteiger partial charge in [-0.25, -0.2) is 23.3 Å². The van der Waals surface area contributed by atoms with Crippen LogP contribution >= 0.6 is 0 Å². The largest absolute Gasteiger partial charge is 0.493 e. The van der Waals surface area contributed by atoms with Crippen molar-refractivity contribution >= 4 is 22.6 Å². The number of rotatable bonds is 6. The van der Waals surface area contributed by atoms with E-state index < -0.39 is 11.0 Å². The van der Waals surface area contributed by atoms with Gasteiger partial charge in [0, 0.05) is 35.9 Å². The maximum Gasteiger partial charge on any atom is 0.208 e. The maximum atomic E-state index is 14.5. The number of imidazole rings is 1. The molecule has 1 aliphatic heterocycles. The van der Waals surface area contributed by atoms with Gasteiger partial charge in [-0.3, -0.25) is 4.40 Å². The fraction of sp³-hybridized carbons (Fsp3) is 0.174. The Morgan fingerprint density at radius 2 is 2.09 bits per heavy atom. The van der Waals surface area contributed by atoms with E-state index in [1.165, 1.54) is 6.07 Å². The number of fused-ring (bicyclic) bond motifs is 2. The highest BCUT2D eigenvalue weighted by atomic mass is 32.2. The zero-order valence-electron chi connectivity index (χ0n) is 17.6. The Kier molecular flexibility index (Phi) is 5.50. The predicted molar refractivity (Wildman–Crippen MR) is 122 cm³/mol. The second-order valence-electron chi connectivity index (χ2n) is 7.38. The smallest absolute Gasteiger partial charge is 0.208 e. The van der Waals surface area contributed by atoms with Crippen LogP contribution in [0.5, 0.6) is 5.75 Å². The molecular formula is C23H19FN6O2S. The monoisotopic (exact) mass is 462 g/mol. The Labute approximate surface area is 191 Å². The number of nitriles is 1. The molecule has 1 aliphatic rings. The molecule has 166 valence electrons. The molecule has 0 spiro atoms. The van der Waals surface area contributed by atoms with E-state index in [0.29, 0.717) is 46.4 Å². The number of hydrogen-bond donors (Lipinski definition) is 2. The Bertz CT molecular complexity index is 1430. The van der Waals surface area contributed by atoms with Crippen molar-refractivity contribution in [2.45, 2.75) is 17.9 Å². The summed E-state index contributed by atoms with van der Waals surface area (Å²) in [5.74, 6) is 0.840. The van der Waals surface area contributed by atoms with Crippen molar-refractivity contribution in [3.05, 3.63) is 71.4 Å². The van der Waals surface area contributed by atoms with Crippen molar-refractivity contribution in [1.82, 2.24) is 19.1 Å². The molecule has 8 nitrogen and oxygen atoms in total. The third-order valence-corrected chi connectivity index (χ3v) is 6.61. The molecule has 0 saturated heterocycles. The van der Waals surface area contributed by atoms with Crippen LogP contribution in [0.15, 0.2) is 53.7 Å². The van der Waals surface area contributed by atoms with Crippen LogP contribution in [0.3, 0.4) is 0 Å². The summed E-state index contributed by atoms with van der Waals surface area (Å²) in [5.41, 5.74) is 3.70. The van der Waals surface area contributed by atoms with Crippen LogP contribution in [0, 0.1) is 17.1 Å². The highest BCUT2D eigenvalue weighted by Gasteiger charge is 2.20. The molecule has 10 heteroatoms. The number of nitrogens with zero attached hydrogens (tertiary/aromatic N) is 4. The first-order valence-electron chi connectivity index (χ1n) is 10.2. The van der Waals surface area contributed by atoms with Crippen molar-refractivity contribution in [2.24, 2.45) is 0 Å². The van der Waals surface area contributed by atoms with E-state index in [1.54, 1.807) is 42.0 Å². The van der Waals surface area contributed by atoms with Crippen molar-refractivity contribution < 1.29 is 13.3 Å². The molecule has 0 bridgehead atoms. The standard InChI is InChI=1S/C23H19FN6O2S/c1-26-33(31)16-4-2-14(3-5-16)18-11-27-23(30-13-15(10-25)29-22(18)30)28-12-19-17-8-9-32-21(17)7-6-20(19)24/h2-7,11,13,26H,8-9,12H2,1H3,(H,27,28). The minimum atomic E-state index is -1.29. The van der Waals surface area contributed by atoms with Gasteiger partial charge in [-0.15, -0.1) is 0 Å². The molecule has 0 fully saturated rings. The van der Waals surface area contributed by atoms with E-state index in [0.717, 1.165) is 11.1 Å². The van der Waals surface area contributed by atoms with E-state index >= 15 is 0 Å². The van der Waals surface area contributed by atoms with Gasteiger partial charge in [0.2, 0.25) is 5.95 Å². The van der Waals surface area contributed by atoms with Crippen molar-refractivity contribution in [2.75, 3.05) is 19.0 Å². The number of ether oxygens (including phenoxy) is 1. The lowest BCUT2D eigenvalue weighted by Gasteiger charge is -2.13. The topological polar surface area (TPSA) is 104 Å². The lowest BCUT2D eigenvalue weighted by Crippen LogP contribution is -2.10. The molecule has 0 radical (unpaired) electrons. The number of nitrogens with one attached hydrogen (secondary N) is 2. The van der Waals surface area contributed by atoms with Crippen LogP contribution in [-0.2, 0) is 24.0 Å². The van der Waals surface area contributed by atoms with Crippen LogP contribution in [0.1, 0.15) is 16.8 Å². The number of halogens is 1. The molecule has 3 heterocycles. The Hall–Kier alpha value is -3.81. The number of anilines is 1. The lowest BCUT2D eigenvalue weighted by atomic mass is 10.0. The quantitative estimate of drug-likeness (QED) is 0.456. The van der Waals surface area contributed by atoms with Gasteiger partial charge >= 0.3 is 0 Å². The van der Waals surface area contributed by atoms with Crippen LogP contribution in [0.25, 0.3) is 16.8 Å². The molecule has 2 aromatic heterocycles. The number of aromatic nitrogens is 3. The summed E-state index contributed by atoms with van der Waals surface area (Å²) in [6, 6.07) is 12.3. The van der Waals surface area contributed by atoms with Gasteiger partial charge < -0.3 is 10.1 Å². The number of hydrogen-bond acceptors (Lipinski definition) is 6. The zero-order valence-corrected chi connectivity index (χ0v) is 18.4. The first kappa shape index (κ1) is 21.1. The summed E-state index contributed by atoms with van der Waals surface area (Å²) >= 11 is 0. The van der Waals surface area contributed by atoms with Gasteiger partial charge in [0.25, 0.3) is 0 Å². The predicted octanol–water partition coefficient (Wildman–Crippen LogP) is 3.20. The highest BCUT2D eigenvalue weighted by Crippen LogP contribution is 2.31. The summed E-state index contributed by atoms with van der Waals surface area (Å²) in [6.45, 7) is 0.751. The highest BCUT2D eigenvalue weighted by molar-refractivity contribution is 7.83. The normalized spacial score (nSPS) is 13.4. The van der Waals surface area contributed by atoms with Crippen LogP contribution in [0.2, 0.25) is 0 Å². The molecule has 0 amide bonds. The Morgan fingerprint density at radius 1 is 1.27 bits per heavy atom. The minimum Gasteiger partial charge on any atom is -0.493 e. The molecule has 5 rings (SSSR count). The van der Waals surface area contributed by atoms with E-state index in [9.17, 15) is 13.9 Å². The SMILES string of the molecule is CNS(=O)c1ccc(-c2cnc(NCc3c(F)ccc4c3CCO4)n3cc(C#N)nc23)cc1. The van der Waals surface area contributed by atoms with Gasteiger partial charge in [-0.2, -0.15) is 5.26 Å². The molecule has 1 atom stereocenters. The third kappa shape index (κ3) is 3.82. The molecule has 4 aromatic rings. The summed E-state index contributed by atoms with van der Waals surface area (Å²) in [7, 11) is 0.339. The molecule has 1 unspecified atom stereocenters. The molecule has 2 N–H and O–H groups in total. The van der Waals surface area contributed by atoms with Crippen molar-refractivity contribution in [3.8, 4) is 22.9 Å². The lowest BCUT2D eigenvalue weighted by molar-refractivity contribution is 0.356. The van der Waals surface area contributed by atoms with Gasteiger partial charge in [-0.05, 0) is 36.9 Å². The Balaban J connectivity index is 1.51. The van der Waals surface area contributed by atoms with Gasteiger partial charge in [-0.1, -0.05) is 12.1 Å². The maximum absolute atomic E-state index is 14.5. The van der Waals surface area contributed by atoms with E-state index in [4.69, 9.17) is 4.74 Å². The molecule has 33 heavy (non-hydrogen) atoms. The minimum absolute atomic E-state index is 0.213. The molecule has 0 aliphatic carbocycles. The van der Waals surface area contributed by atoms with Crippen LogP contribution < -0.4 is 14.8 Å². The van der Waals surface area contributed by atoms with E-state index in [2.05, 4.69) is 26.1 Å². The molecule has 0 saturated carbocycles. The first-order valence-corrected chi connectivity index (χ1v) is 11.4.